The molecule has 23 heavy (non-hydrogen) atoms. The third-order valence-electron chi connectivity index (χ3n) is 3.16. The highest BCUT2D eigenvalue weighted by atomic mass is 16.6. The zero-order valence-corrected chi connectivity index (χ0v) is 12.9. The lowest BCUT2D eigenvalue weighted by Crippen LogP contribution is -2.17. The number of carbonyl (C=O) groups excluding carboxylic acids is 1. The van der Waals surface area contributed by atoms with E-state index in [1.165, 1.54) is 18.3 Å². The van der Waals surface area contributed by atoms with Crippen molar-refractivity contribution < 1.29 is 9.72 Å². The second kappa shape index (κ2) is 7.35. The van der Waals surface area contributed by atoms with Crippen LogP contribution < -0.4 is 10.6 Å². The average molecular weight is 314 g/mol. The molecule has 0 aliphatic rings. The highest BCUT2D eigenvalue weighted by Crippen LogP contribution is 2.21. The number of aromatic nitrogens is 1. The Morgan fingerprint density at radius 3 is 2.78 bits per heavy atom. The first-order valence-corrected chi connectivity index (χ1v) is 7.20. The van der Waals surface area contributed by atoms with Gasteiger partial charge in [-0.15, -0.1) is 0 Å². The molecule has 1 heterocycles. The first-order valence-electron chi connectivity index (χ1n) is 7.20. The van der Waals surface area contributed by atoms with Crippen LogP contribution in [0.15, 0.2) is 42.6 Å². The van der Waals surface area contributed by atoms with Crippen LogP contribution in [0.2, 0.25) is 0 Å². The zero-order chi connectivity index (χ0) is 16.8. The van der Waals surface area contributed by atoms with E-state index in [1.54, 1.807) is 6.07 Å². The Morgan fingerprint density at radius 2 is 2.09 bits per heavy atom. The molecule has 1 aromatic heterocycles. The van der Waals surface area contributed by atoms with Gasteiger partial charge in [0.1, 0.15) is 0 Å². The normalized spacial score (nSPS) is 10.4. The third-order valence-corrected chi connectivity index (χ3v) is 3.16. The van der Waals surface area contributed by atoms with Crippen LogP contribution in [-0.2, 0) is 11.3 Å². The molecule has 2 N–H and O–H groups in total. The van der Waals surface area contributed by atoms with Crippen molar-refractivity contribution in [1.29, 1.82) is 0 Å². The van der Waals surface area contributed by atoms with Crippen LogP contribution in [-0.4, -0.2) is 15.8 Å². The lowest BCUT2D eigenvalue weighted by molar-refractivity contribution is -0.384. The molecule has 1 amide bonds. The number of carbonyl (C=O) groups is 1. The molecular formula is C16H18N4O3. The number of anilines is 2. The molecule has 2 aromatic rings. The largest absolute Gasteiger partial charge is 0.360 e. The van der Waals surface area contributed by atoms with Gasteiger partial charge in [0, 0.05) is 30.4 Å². The molecule has 7 nitrogen and oxygen atoms in total. The van der Waals surface area contributed by atoms with Gasteiger partial charge in [-0.25, -0.2) is 4.98 Å². The zero-order valence-electron chi connectivity index (χ0n) is 12.9. The van der Waals surface area contributed by atoms with Crippen LogP contribution in [0.1, 0.15) is 19.4 Å². The summed E-state index contributed by atoms with van der Waals surface area (Å²) in [6.45, 7) is 4.01. The minimum atomic E-state index is -0.478. The Hall–Kier alpha value is -2.96. The van der Waals surface area contributed by atoms with Crippen molar-refractivity contribution in [2.45, 2.75) is 20.4 Å². The van der Waals surface area contributed by atoms with Crippen molar-refractivity contribution in [3.63, 3.8) is 0 Å². The maximum Gasteiger partial charge on any atom is 0.311 e. The van der Waals surface area contributed by atoms with Gasteiger partial charge in [-0.05, 0) is 23.8 Å². The summed E-state index contributed by atoms with van der Waals surface area (Å²) in [6, 6.07) is 10.2. The molecule has 0 saturated carbocycles. The molecule has 0 aliphatic heterocycles. The number of nitrogens with zero attached hydrogens (tertiary/aromatic N) is 2. The minimum Gasteiger partial charge on any atom is -0.360 e. The summed E-state index contributed by atoms with van der Waals surface area (Å²) in [7, 11) is 0. The average Bonchev–Trinajstić information content (AvgIpc) is 2.53. The molecule has 0 bridgehead atoms. The van der Waals surface area contributed by atoms with Gasteiger partial charge in [0.25, 0.3) is 0 Å². The van der Waals surface area contributed by atoms with Gasteiger partial charge in [0.15, 0.2) is 0 Å². The van der Waals surface area contributed by atoms with Crippen molar-refractivity contribution in [3.05, 3.63) is 58.3 Å². The SMILES string of the molecule is CC(C)C(=O)Nc1cccc(CNc2ncccc2[N+](=O)[O-])c1. The molecule has 0 spiro atoms. The second-order valence-electron chi connectivity index (χ2n) is 5.33. The van der Waals surface area contributed by atoms with Crippen molar-refractivity contribution in [2.24, 2.45) is 5.92 Å². The quantitative estimate of drug-likeness (QED) is 0.630. The smallest absolute Gasteiger partial charge is 0.311 e. The fourth-order valence-electron chi connectivity index (χ4n) is 1.91. The van der Waals surface area contributed by atoms with Crippen molar-refractivity contribution >= 4 is 23.1 Å². The van der Waals surface area contributed by atoms with Gasteiger partial charge >= 0.3 is 5.69 Å². The summed E-state index contributed by atoms with van der Waals surface area (Å²) in [5.41, 5.74) is 1.50. The molecule has 0 aliphatic carbocycles. The predicted octanol–water partition coefficient (Wildman–Crippen LogP) is 3.20. The van der Waals surface area contributed by atoms with Crippen LogP contribution in [0.4, 0.5) is 17.2 Å². The number of amides is 1. The molecular weight excluding hydrogens is 296 g/mol. The minimum absolute atomic E-state index is 0.0597. The molecule has 7 heteroatoms. The van der Waals surface area contributed by atoms with E-state index in [0.717, 1.165) is 5.56 Å². The molecule has 0 radical (unpaired) electrons. The van der Waals surface area contributed by atoms with E-state index in [0.29, 0.717) is 12.2 Å². The summed E-state index contributed by atoms with van der Waals surface area (Å²) in [5, 5.41) is 16.7. The molecule has 0 fully saturated rings. The summed E-state index contributed by atoms with van der Waals surface area (Å²) < 4.78 is 0. The highest BCUT2D eigenvalue weighted by Gasteiger charge is 2.13. The molecule has 1 aromatic carbocycles. The number of hydrogen-bond donors (Lipinski definition) is 2. The van der Waals surface area contributed by atoms with E-state index >= 15 is 0 Å². The van der Waals surface area contributed by atoms with E-state index in [1.807, 2.05) is 32.0 Å². The van der Waals surface area contributed by atoms with Crippen LogP contribution in [0.5, 0.6) is 0 Å². The third kappa shape index (κ3) is 4.50. The lowest BCUT2D eigenvalue weighted by Gasteiger charge is -2.10. The van der Waals surface area contributed by atoms with E-state index in [4.69, 9.17) is 0 Å². The van der Waals surface area contributed by atoms with Crippen molar-refractivity contribution in [1.82, 2.24) is 4.98 Å². The first kappa shape index (κ1) is 16.4. The summed E-state index contributed by atoms with van der Waals surface area (Å²) in [5.74, 6) is 0.0533. The fourth-order valence-corrected chi connectivity index (χ4v) is 1.91. The van der Waals surface area contributed by atoms with E-state index in [-0.39, 0.29) is 23.3 Å². The number of pyridine rings is 1. The van der Waals surface area contributed by atoms with Crippen LogP contribution in [0.25, 0.3) is 0 Å². The number of rotatable bonds is 6. The van der Waals surface area contributed by atoms with E-state index in [9.17, 15) is 14.9 Å². The molecule has 0 unspecified atom stereocenters. The topological polar surface area (TPSA) is 97.2 Å². The highest BCUT2D eigenvalue weighted by molar-refractivity contribution is 5.92. The van der Waals surface area contributed by atoms with Gasteiger partial charge < -0.3 is 10.6 Å². The van der Waals surface area contributed by atoms with E-state index in [2.05, 4.69) is 15.6 Å². The Bertz CT molecular complexity index is 716. The standard InChI is InChI=1S/C16H18N4O3/c1-11(2)16(21)19-13-6-3-5-12(9-13)10-18-15-14(20(22)23)7-4-8-17-15/h3-9,11H,10H2,1-2H3,(H,17,18)(H,19,21). The monoisotopic (exact) mass is 314 g/mol. The molecule has 2 rings (SSSR count). The van der Waals surface area contributed by atoms with Gasteiger partial charge in [0.05, 0.1) is 4.92 Å². The van der Waals surface area contributed by atoms with Crippen molar-refractivity contribution in [2.75, 3.05) is 10.6 Å². The molecule has 0 saturated heterocycles. The van der Waals surface area contributed by atoms with E-state index < -0.39 is 4.92 Å². The summed E-state index contributed by atoms with van der Waals surface area (Å²) in [4.78, 5) is 26.2. The number of nitro groups is 1. The van der Waals surface area contributed by atoms with Gasteiger partial charge in [-0.1, -0.05) is 26.0 Å². The van der Waals surface area contributed by atoms with Gasteiger partial charge in [0.2, 0.25) is 11.7 Å². The first-order chi connectivity index (χ1) is 11.0. The lowest BCUT2D eigenvalue weighted by atomic mass is 10.1. The number of benzene rings is 1. The Kier molecular flexibility index (Phi) is 5.24. The Morgan fingerprint density at radius 1 is 1.30 bits per heavy atom. The predicted molar refractivity (Wildman–Crippen MR) is 88.1 cm³/mol. The molecule has 120 valence electrons. The number of hydrogen-bond acceptors (Lipinski definition) is 5. The van der Waals surface area contributed by atoms with Crippen LogP contribution in [0.3, 0.4) is 0 Å². The summed E-state index contributed by atoms with van der Waals surface area (Å²) >= 11 is 0. The van der Waals surface area contributed by atoms with Crippen molar-refractivity contribution in [3.8, 4) is 0 Å². The Labute approximate surface area is 133 Å². The van der Waals surface area contributed by atoms with Gasteiger partial charge in [-0.2, -0.15) is 0 Å². The molecule has 0 atom stereocenters. The number of nitrogens with one attached hydrogen (secondary N) is 2. The van der Waals surface area contributed by atoms with Gasteiger partial charge in [-0.3, -0.25) is 14.9 Å². The second-order valence-corrected chi connectivity index (χ2v) is 5.33. The maximum atomic E-state index is 11.7. The summed E-state index contributed by atoms with van der Waals surface area (Å²) in [6.07, 6.45) is 1.49. The maximum absolute atomic E-state index is 11.7. The van der Waals surface area contributed by atoms with Crippen LogP contribution in [0, 0.1) is 16.0 Å². The fraction of sp³-hybridized carbons (Fsp3) is 0.250. The Balaban J connectivity index is 2.07. The van der Waals surface area contributed by atoms with Crippen LogP contribution >= 0.6 is 0 Å².